The summed E-state index contributed by atoms with van der Waals surface area (Å²) in [6.07, 6.45) is 7.41. The average molecular weight is 470 g/mol. The number of carbonyl (C=O) groups excluding carboxylic acids is 1. The van der Waals surface area contributed by atoms with E-state index in [1.165, 1.54) is 18.0 Å². The van der Waals surface area contributed by atoms with Crippen molar-refractivity contribution in [2.24, 2.45) is 7.05 Å². The number of hydrogen-bond donors (Lipinski definition) is 1. The summed E-state index contributed by atoms with van der Waals surface area (Å²) in [4.78, 5) is 24.8. The number of amides is 1. The van der Waals surface area contributed by atoms with Gasteiger partial charge in [0.1, 0.15) is 17.3 Å². The fourth-order valence-electron chi connectivity index (χ4n) is 4.44. The minimum absolute atomic E-state index is 0.104. The Kier molecular flexibility index (Phi) is 6.11. The van der Waals surface area contributed by atoms with Crippen LogP contribution in [0.25, 0.3) is 0 Å². The van der Waals surface area contributed by atoms with Crippen molar-refractivity contribution in [1.82, 2.24) is 28.7 Å². The normalized spacial score (nSPS) is 16.3. The molecule has 2 aliphatic heterocycles. The number of imidazole rings is 1. The summed E-state index contributed by atoms with van der Waals surface area (Å²) in [7, 11) is 1.89. The monoisotopic (exact) mass is 469 g/mol. The number of rotatable bonds is 6. The van der Waals surface area contributed by atoms with Crippen LogP contribution in [0.4, 0.5) is 10.2 Å². The Balaban J connectivity index is 1.28. The summed E-state index contributed by atoms with van der Waals surface area (Å²) in [5.41, 5.74) is 3.21. The van der Waals surface area contributed by atoms with E-state index in [9.17, 15) is 9.18 Å². The predicted octanol–water partition coefficient (Wildman–Crippen LogP) is 3.12. The maximum atomic E-state index is 14.6. The molecule has 0 spiro atoms. The maximum absolute atomic E-state index is 14.6. The quantitative estimate of drug-likeness (QED) is 0.560. The van der Waals surface area contributed by atoms with Gasteiger partial charge in [0.2, 0.25) is 0 Å². The van der Waals surface area contributed by atoms with E-state index in [4.69, 9.17) is 0 Å². The highest BCUT2D eigenvalue weighted by Gasteiger charge is 2.23. The number of nitrogens with zero attached hydrogens (tertiary/aromatic N) is 6. The van der Waals surface area contributed by atoms with Crippen LogP contribution < -0.4 is 10.2 Å². The van der Waals surface area contributed by atoms with Crippen molar-refractivity contribution in [2.75, 3.05) is 24.5 Å². The van der Waals surface area contributed by atoms with Crippen LogP contribution in [0.5, 0.6) is 0 Å². The first-order valence-electron chi connectivity index (χ1n) is 11.3. The Morgan fingerprint density at radius 1 is 1.24 bits per heavy atom. The third-order valence-electron chi connectivity index (χ3n) is 6.48. The topological polar surface area (TPSA) is 71.2 Å². The molecule has 1 fully saturated rings. The molecule has 8 nitrogen and oxygen atoms in total. The van der Waals surface area contributed by atoms with Crippen LogP contribution in [0, 0.1) is 12.7 Å². The van der Waals surface area contributed by atoms with Crippen LogP contribution in [0.3, 0.4) is 0 Å². The molecule has 0 radical (unpaired) electrons. The number of fused-ring (bicyclic) bond motifs is 1. The maximum Gasteiger partial charge on any atom is 0.268 e. The van der Waals surface area contributed by atoms with Gasteiger partial charge in [-0.15, -0.1) is 0 Å². The molecule has 0 atom stereocenters. The highest BCUT2D eigenvalue weighted by atomic mass is 32.2. The van der Waals surface area contributed by atoms with Crippen molar-refractivity contribution >= 4 is 23.7 Å². The van der Waals surface area contributed by atoms with Crippen molar-refractivity contribution in [1.29, 1.82) is 0 Å². The van der Waals surface area contributed by atoms with Crippen LogP contribution in [-0.4, -0.2) is 48.9 Å². The molecule has 5 rings (SSSR count). The number of hydrogen-bond acceptors (Lipinski definition) is 6. The van der Waals surface area contributed by atoms with Gasteiger partial charge in [-0.25, -0.2) is 18.7 Å². The second-order valence-electron chi connectivity index (χ2n) is 8.54. The van der Waals surface area contributed by atoms with Crippen LogP contribution in [0.2, 0.25) is 0 Å². The number of halogens is 1. The Bertz CT molecular complexity index is 1170. The van der Waals surface area contributed by atoms with Crippen molar-refractivity contribution < 1.29 is 9.18 Å². The lowest BCUT2D eigenvalue weighted by molar-refractivity contribution is 0.0942. The summed E-state index contributed by atoms with van der Waals surface area (Å²) < 4.78 is 21.0. The number of pyridine rings is 1. The van der Waals surface area contributed by atoms with Gasteiger partial charge in [0.15, 0.2) is 0 Å². The van der Waals surface area contributed by atoms with Crippen LogP contribution in [-0.2, 0) is 26.7 Å². The second-order valence-corrected chi connectivity index (χ2v) is 9.68. The van der Waals surface area contributed by atoms with Crippen molar-refractivity contribution in [3.63, 3.8) is 0 Å². The lowest BCUT2D eigenvalue weighted by Crippen LogP contribution is -2.28. The van der Waals surface area contributed by atoms with Crippen LogP contribution >= 0.6 is 11.9 Å². The molecule has 33 heavy (non-hydrogen) atoms. The smallest absolute Gasteiger partial charge is 0.268 e. The molecule has 0 saturated carbocycles. The van der Waals surface area contributed by atoms with E-state index in [2.05, 4.69) is 29.1 Å². The lowest BCUT2D eigenvalue weighted by Gasteiger charge is -2.26. The summed E-state index contributed by atoms with van der Waals surface area (Å²) in [6.45, 7) is 6.46. The molecule has 1 amide bonds. The molecular weight excluding hydrogens is 441 g/mol. The second kappa shape index (κ2) is 9.18. The number of carbonyl (C=O) groups is 1. The van der Waals surface area contributed by atoms with Gasteiger partial charge in [0, 0.05) is 68.3 Å². The zero-order valence-electron chi connectivity index (χ0n) is 18.9. The molecule has 174 valence electrons. The third kappa shape index (κ3) is 4.37. The molecule has 10 heteroatoms. The van der Waals surface area contributed by atoms with Gasteiger partial charge < -0.3 is 19.4 Å². The summed E-state index contributed by atoms with van der Waals surface area (Å²) in [5.74, 6) is 0.0760. The summed E-state index contributed by atoms with van der Waals surface area (Å²) >= 11 is 1.66. The highest BCUT2D eigenvalue weighted by Crippen LogP contribution is 2.31. The number of nitrogens with one attached hydrogen (secondary N) is 1. The van der Waals surface area contributed by atoms with Crippen molar-refractivity contribution in [2.45, 2.75) is 44.3 Å². The number of aromatic nitrogens is 4. The molecule has 0 unspecified atom stereocenters. The minimum Gasteiger partial charge on any atom is -0.356 e. The molecule has 1 saturated heterocycles. The standard InChI is InChI=1S/C23H28FN7OS/c1-16-21(33-31-10-9-30-15-25-12-17(30)14-31)11-20(28(16)2)23(32)27-13-18-19(24)5-6-26-22(18)29-7-3-4-8-29/h5-6,11-12,15H,3-4,7-10,13-14H2,1-2H3,(H,27,32). The average Bonchev–Trinajstić information content (AvgIpc) is 3.56. The van der Waals surface area contributed by atoms with E-state index in [1.54, 1.807) is 11.9 Å². The Morgan fingerprint density at radius 3 is 2.88 bits per heavy atom. The first kappa shape index (κ1) is 22.0. The predicted molar refractivity (Wildman–Crippen MR) is 125 cm³/mol. The minimum atomic E-state index is -0.337. The van der Waals surface area contributed by atoms with Gasteiger partial charge in [-0.05, 0) is 43.8 Å². The fourth-order valence-corrected chi connectivity index (χ4v) is 5.52. The van der Waals surface area contributed by atoms with Crippen molar-refractivity contribution in [3.8, 4) is 0 Å². The molecule has 3 aromatic rings. The van der Waals surface area contributed by atoms with Gasteiger partial charge >= 0.3 is 0 Å². The van der Waals surface area contributed by atoms with Crippen LogP contribution in [0.1, 0.15) is 40.3 Å². The largest absolute Gasteiger partial charge is 0.356 e. The Morgan fingerprint density at radius 2 is 2.06 bits per heavy atom. The van der Waals surface area contributed by atoms with E-state index < -0.39 is 0 Å². The van der Waals surface area contributed by atoms with Gasteiger partial charge in [-0.2, -0.15) is 0 Å². The third-order valence-corrected chi connectivity index (χ3v) is 7.66. The molecule has 0 aliphatic carbocycles. The summed E-state index contributed by atoms with van der Waals surface area (Å²) in [6, 6.07) is 3.27. The first-order valence-corrected chi connectivity index (χ1v) is 12.0. The van der Waals surface area contributed by atoms with Crippen LogP contribution in [0.15, 0.2) is 35.7 Å². The van der Waals surface area contributed by atoms with Gasteiger partial charge in [-0.3, -0.25) is 4.79 Å². The van der Waals surface area contributed by atoms with Gasteiger partial charge in [0.05, 0.1) is 18.6 Å². The van der Waals surface area contributed by atoms with E-state index in [0.29, 0.717) is 17.1 Å². The zero-order chi connectivity index (χ0) is 22.9. The van der Waals surface area contributed by atoms with Crippen molar-refractivity contribution in [3.05, 3.63) is 59.3 Å². The number of anilines is 1. The highest BCUT2D eigenvalue weighted by molar-refractivity contribution is 7.97. The summed E-state index contributed by atoms with van der Waals surface area (Å²) in [5, 5.41) is 2.91. The van der Waals surface area contributed by atoms with E-state index in [1.807, 2.05) is 37.1 Å². The van der Waals surface area contributed by atoms with E-state index in [-0.39, 0.29) is 18.3 Å². The Hall–Kier alpha value is -2.85. The molecule has 0 aromatic carbocycles. The Labute approximate surface area is 196 Å². The van der Waals surface area contributed by atoms with Gasteiger partial charge in [0.25, 0.3) is 5.91 Å². The van der Waals surface area contributed by atoms with E-state index >= 15 is 0 Å². The molecule has 0 bridgehead atoms. The van der Waals surface area contributed by atoms with E-state index in [0.717, 1.165) is 56.2 Å². The molecule has 2 aliphatic rings. The SMILES string of the molecule is Cc1c(SN2CCn3cncc3C2)cc(C(=O)NCc2c(F)ccnc2N2CCCC2)n1C. The zero-order valence-corrected chi connectivity index (χ0v) is 19.7. The first-order chi connectivity index (χ1) is 16.0. The lowest BCUT2D eigenvalue weighted by atomic mass is 10.2. The molecule has 3 aromatic heterocycles. The molecular formula is C23H28FN7OS. The molecule has 5 heterocycles. The van der Waals surface area contributed by atoms with Gasteiger partial charge in [-0.1, -0.05) is 0 Å². The molecule has 1 N–H and O–H groups in total. The fraction of sp³-hybridized carbons (Fsp3) is 0.435.